The van der Waals surface area contributed by atoms with Crippen molar-refractivity contribution in [2.75, 3.05) is 7.11 Å². The van der Waals surface area contributed by atoms with E-state index < -0.39 is 5.97 Å². The van der Waals surface area contributed by atoms with Crippen LogP contribution in [0.25, 0.3) is 16.6 Å². The Hall–Kier alpha value is -3.19. The summed E-state index contributed by atoms with van der Waals surface area (Å²) < 4.78 is 7.01. The fraction of sp³-hybridized carbons (Fsp3) is 0.0588. The minimum Gasteiger partial charge on any atom is -0.497 e. The number of aromatic nitrogens is 1. The number of benzene rings is 2. The van der Waals surface area contributed by atoms with E-state index in [1.807, 2.05) is 48.5 Å². The molecule has 25 heavy (non-hydrogen) atoms. The number of hydrogen-bond donors (Lipinski definition) is 2. The van der Waals surface area contributed by atoms with Crippen molar-refractivity contribution in [3.05, 3.63) is 60.3 Å². The van der Waals surface area contributed by atoms with Gasteiger partial charge in [0, 0.05) is 11.1 Å². The van der Waals surface area contributed by atoms with Crippen LogP contribution in [-0.4, -0.2) is 23.6 Å². The van der Waals surface area contributed by atoms with Crippen LogP contribution < -0.4 is 16.2 Å². The van der Waals surface area contributed by atoms with Gasteiger partial charge in [0.1, 0.15) is 11.4 Å². The summed E-state index contributed by atoms with van der Waals surface area (Å²) in [7, 11) is 1.59. The Morgan fingerprint density at radius 3 is 2.44 bits per heavy atom. The lowest BCUT2D eigenvalue weighted by atomic mass is 10.2. The number of guanidine groups is 1. The molecule has 4 N–H and O–H groups in total. The fourth-order valence-corrected chi connectivity index (χ4v) is 2.47. The number of carbonyl (C=O) groups excluding carboxylic acids is 1. The minimum atomic E-state index is -0.664. The Morgan fingerprint density at radius 1 is 1.08 bits per heavy atom. The number of hydrogen-bond acceptors (Lipinski definition) is 4. The highest BCUT2D eigenvalue weighted by Crippen LogP contribution is 2.28. The number of ether oxygens (including phenoxy) is 1. The molecule has 0 aliphatic rings. The Morgan fingerprint density at radius 2 is 1.80 bits per heavy atom. The first-order valence-corrected chi connectivity index (χ1v) is 7.15. The van der Waals surface area contributed by atoms with E-state index in [9.17, 15) is 4.79 Å². The monoisotopic (exact) mass is 360 g/mol. The van der Waals surface area contributed by atoms with Gasteiger partial charge in [-0.1, -0.05) is 18.2 Å². The van der Waals surface area contributed by atoms with Crippen LogP contribution in [0, 0.1) is 0 Å². The molecule has 0 saturated heterocycles. The molecule has 3 aromatic rings. The predicted molar refractivity (Wildman–Crippen MR) is 98.3 cm³/mol. The Bertz CT molecular complexity index is 918. The van der Waals surface area contributed by atoms with Gasteiger partial charge in [-0.25, -0.2) is 4.79 Å². The second-order valence-electron chi connectivity index (χ2n) is 5.02. The van der Waals surface area contributed by atoms with Crippen LogP contribution in [-0.2, 0) is 4.84 Å². The van der Waals surface area contributed by atoms with Crippen molar-refractivity contribution in [1.82, 2.24) is 4.57 Å². The summed E-state index contributed by atoms with van der Waals surface area (Å²) in [5.74, 6) is -0.299. The predicted octanol–water partition coefficient (Wildman–Crippen LogP) is 2.41. The van der Waals surface area contributed by atoms with Crippen molar-refractivity contribution in [3.8, 4) is 11.4 Å². The van der Waals surface area contributed by atoms with Crippen LogP contribution in [0.1, 0.15) is 10.5 Å². The summed E-state index contributed by atoms with van der Waals surface area (Å²) in [6, 6.07) is 16.7. The van der Waals surface area contributed by atoms with E-state index >= 15 is 0 Å². The number of methoxy groups -OCH3 is 1. The van der Waals surface area contributed by atoms with Crippen molar-refractivity contribution in [3.63, 3.8) is 0 Å². The number of para-hydroxylation sites is 1. The second kappa shape index (κ2) is 7.59. The third-order valence-corrected chi connectivity index (χ3v) is 3.47. The number of halogens is 1. The zero-order valence-electron chi connectivity index (χ0n) is 13.4. The summed E-state index contributed by atoms with van der Waals surface area (Å²) >= 11 is 0. The van der Waals surface area contributed by atoms with E-state index in [1.165, 1.54) is 0 Å². The lowest BCUT2D eigenvalue weighted by Crippen LogP contribution is -2.23. The maximum absolute atomic E-state index is 12.4. The van der Waals surface area contributed by atoms with E-state index in [0.717, 1.165) is 16.6 Å². The normalized spacial score (nSPS) is 9.96. The molecular weight excluding hydrogens is 344 g/mol. The van der Waals surface area contributed by atoms with Crippen molar-refractivity contribution in [1.29, 1.82) is 0 Å². The number of nitrogens with zero attached hydrogens (tertiary/aromatic N) is 2. The van der Waals surface area contributed by atoms with Crippen LogP contribution in [0.15, 0.2) is 59.8 Å². The van der Waals surface area contributed by atoms with Gasteiger partial charge < -0.3 is 25.6 Å². The van der Waals surface area contributed by atoms with Gasteiger partial charge in [-0.15, -0.1) is 12.4 Å². The van der Waals surface area contributed by atoms with E-state index in [-0.39, 0.29) is 18.4 Å². The first-order valence-electron chi connectivity index (χ1n) is 7.15. The lowest BCUT2D eigenvalue weighted by molar-refractivity contribution is 0.0506. The van der Waals surface area contributed by atoms with Gasteiger partial charge >= 0.3 is 5.97 Å². The van der Waals surface area contributed by atoms with Gasteiger partial charge in [-0.05, 0) is 41.6 Å². The molecule has 0 amide bonds. The Kier molecular flexibility index (Phi) is 5.51. The molecule has 8 heteroatoms. The van der Waals surface area contributed by atoms with E-state index in [4.69, 9.17) is 21.0 Å². The molecule has 0 bridgehead atoms. The molecule has 7 nitrogen and oxygen atoms in total. The zero-order chi connectivity index (χ0) is 17.1. The molecule has 0 radical (unpaired) electrons. The average Bonchev–Trinajstić information content (AvgIpc) is 2.98. The molecule has 2 aromatic carbocycles. The largest absolute Gasteiger partial charge is 0.497 e. The minimum absolute atomic E-state index is 0. The molecule has 1 heterocycles. The third-order valence-electron chi connectivity index (χ3n) is 3.47. The van der Waals surface area contributed by atoms with Gasteiger partial charge in [-0.2, -0.15) is 0 Å². The van der Waals surface area contributed by atoms with Crippen LogP contribution >= 0.6 is 12.4 Å². The van der Waals surface area contributed by atoms with Gasteiger partial charge in [0.2, 0.25) is 5.96 Å². The SMILES string of the molecule is COc1ccc2c(c1)cc(C(=O)ON=C(N)N)n2-c1ccccc1.Cl. The number of oxime groups is 1. The van der Waals surface area contributed by atoms with Gasteiger partial charge in [0.15, 0.2) is 0 Å². The molecule has 0 atom stereocenters. The van der Waals surface area contributed by atoms with E-state index in [2.05, 4.69) is 5.16 Å². The number of carbonyl (C=O) groups is 1. The maximum Gasteiger partial charge on any atom is 0.382 e. The van der Waals surface area contributed by atoms with Gasteiger partial charge in [-0.3, -0.25) is 0 Å². The van der Waals surface area contributed by atoms with Crippen molar-refractivity contribution in [2.45, 2.75) is 0 Å². The molecule has 3 rings (SSSR count). The number of rotatable bonds is 4. The van der Waals surface area contributed by atoms with Gasteiger partial charge in [0.05, 0.1) is 12.6 Å². The van der Waals surface area contributed by atoms with Crippen LogP contribution in [0.2, 0.25) is 0 Å². The molecule has 0 unspecified atom stereocenters. The average molecular weight is 361 g/mol. The fourth-order valence-electron chi connectivity index (χ4n) is 2.47. The topological polar surface area (TPSA) is 105 Å². The maximum atomic E-state index is 12.4. The number of nitrogens with two attached hydrogens (primary N) is 2. The first kappa shape index (κ1) is 18.2. The van der Waals surface area contributed by atoms with Crippen molar-refractivity contribution < 1.29 is 14.4 Å². The molecule has 130 valence electrons. The highest BCUT2D eigenvalue weighted by molar-refractivity contribution is 5.97. The standard InChI is InChI=1S/C17H16N4O3.ClH/c1-23-13-7-8-14-11(9-13)10-15(16(22)24-20-17(18)19)21(14)12-5-3-2-4-6-12;/h2-10H,1H3,(H4,18,19,20);1H. The molecular formula is C17H17ClN4O3. The summed E-state index contributed by atoms with van der Waals surface area (Å²) in [6.07, 6.45) is 0. The molecule has 0 aliphatic heterocycles. The summed E-state index contributed by atoms with van der Waals surface area (Å²) in [4.78, 5) is 17.2. The highest BCUT2D eigenvalue weighted by atomic mass is 35.5. The molecule has 0 aliphatic carbocycles. The quantitative estimate of drug-likeness (QED) is 0.322. The van der Waals surface area contributed by atoms with Crippen LogP contribution in [0.4, 0.5) is 0 Å². The molecule has 1 aromatic heterocycles. The number of fused-ring (bicyclic) bond motifs is 1. The zero-order valence-corrected chi connectivity index (χ0v) is 14.2. The summed E-state index contributed by atoms with van der Waals surface area (Å²) in [6.45, 7) is 0. The molecule has 0 saturated carbocycles. The smallest absolute Gasteiger partial charge is 0.382 e. The third kappa shape index (κ3) is 3.67. The van der Waals surface area contributed by atoms with Crippen molar-refractivity contribution in [2.24, 2.45) is 16.6 Å². The Balaban J connectivity index is 0.00000225. The van der Waals surface area contributed by atoms with Gasteiger partial charge in [0.25, 0.3) is 0 Å². The van der Waals surface area contributed by atoms with Crippen LogP contribution in [0.3, 0.4) is 0 Å². The summed E-state index contributed by atoms with van der Waals surface area (Å²) in [5.41, 5.74) is 12.4. The van der Waals surface area contributed by atoms with Crippen molar-refractivity contribution >= 4 is 35.2 Å². The summed E-state index contributed by atoms with van der Waals surface area (Å²) in [5, 5.41) is 4.15. The van der Waals surface area contributed by atoms with E-state index in [0.29, 0.717) is 11.4 Å². The second-order valence-corrected chi connectivity index (χ2v) is 5.02. The first-order chi connectivity index (χ1) is 11.6. The molecule has 0 spiro atoms. The van der Waals surface area contributed by atoms with E-state index in [1.54, 1.807) is 17.7 Å². The molecule has 0 fully saturated rings. The lowest BCUT2D eigenvalue weighted by Gasteiger charge is -2.09. The Labute approximate surface area is 150 Å². The van der Waals surface area contributed by atoms with Crippen LogP contribution in [0.5, 0.6) is 5.75 Å². The highest BCUT2D eigenvalue weighted by Gasteiger charge is 2.19.